The molecule has 3 amide bonds. The Balaban J connectivity index is 2.07. The molecule has 1 fully saturated rings. The molecule has 0 aromatic heterocycles. The van der Waals surface area contributed by atoms with Gasteiger partial charge in [0.1, 0.15) is 11.2 Å². The van der Waals surface area contributed by atoms with Crippen molar-refractivity contribution < 1.29 is 19.1 Å². The van der Waals surface area contributed by atoms with E-state index >= 15 is 0 Å². The van der Waals surface area contributed by atoms with Crippen molar-refractivity contribution in [3.63, 3.8) is 0 Å². The zero-order valence-corrected chi connectivity index (χ0v) is 14.9. The van der Waals surface area contributed by atoms with Crippen LogP contribution in [0.5, 0.6) is 5.75 Å². The maximum absolute atomic E-state index is 12.8. The lowest BCUT2D eigenvalue weighted by Crippen LogP contribution is -2.54. The van der Waals surface area contributed by atoms with Gasteiger partial charge < -0.3 is 19.9 Å². The fraction of sp³-hybridized carbons (Fsp3) is 0.500. The molecule has 1 N–H and O–H groups in total. The van der Waals surface area contributed by atoms with Crippen LogP contribution in [0.3, 0.4) is 0 Å². The third kappa shape index (κ3) is 4.29. The van der Waals surface area contributed by atoms with Gasteiger partial charge in [0.05, 0.1) is 12.3 Å². The molecule has 1 saturated heterocycles. The van der Waals surface area contributed by atoms with Gasteiger partial charge in [-0.1, -0.05) is 12.1 Å². The quantitative estimate of drug-likeness (QED) is 0.622. The van der Waals surface area contributed by atoms with Gasteiger partial charge >= 0.3 is 0 Å². The summed E-state index contributed by atoms with van der Waals surface area (Å²) in [6.07, 6.45) is 0.782. The van der Waals surface area contributed by atoms with Crippen molar-refractivity contribution in [2.24, 2.45) is 5.41 Å². The largest absolute Gasteiger partial charge is 0.492 e. The molecular formula is C18H25N3O4. The summed E-state index contributed by atoms with van der Waals surface area (Å²) < 4.78 is 5.50. The molecule has 1 aromatic carbocycles. The van der Waals surface area contributed by atoms with Gasteiger partial charge in [-0.05, 0) is 32.9 Å². The van der Waals surface area contributed by atoms with Gasteiger partial charge in [-0.3, -0.25) is 14.4 Å². The third-order valence-corrected chi connectivity index (χ3v) is 4.29. The fourth-order valence-corrected chi connectivity index (χ4v) is 2.65. The minimum atomic E-state index is -1.22. The van der Waals surface area contributed by atoms with Gasteiger partial charge in [-0.2, -0.15) is 0 Å². The van der Waals surface area contributed by atoms with Crippen LogP contribution in [0.15, 0.2) is 24.3 Å². The smallest absolute Gasteiger partial charge is 0.239 e. The van der Waals surface area contributed by atoms with E-state index in [1.807, 2.05) is 13.0 Å². The Kier molecular flexibility index (Phi) is 6.01. The van der Waals surface area contributed by atoms with E-state index < -0.39 is 5.41 Å². The SMILES string of the molecule is CCOc1ccccc1NC(=O)C(C)(C)C(=O)N1CCN(C=O)CC1. The molecule has 2 rings (SSSR count). The summed E-state index contributed by atoms with van der Waals surface area (Å²) in [5, 5.41) is 2.80. The topological polar surface area (TPSA) is 79.0 Å². The zero-order valence-electron chi connectivity index (χ0n) is 14.9. The van der Waals surface area contributed by atoms with E-state index in [0.29, 0.717) is 44.2 Å². The first-order chi connectivity index (χ1) is 11.9. The number of hydrogen-bond donors (Lipinski definition) is 1. The maximum Gasteiger partial charge on any atom is 0.239 e. The van der Waals surface area contributed by atoms with Gasteiger partial charge in [-0.25, -0.2) is 0 Å². The number of rotatable bonds is 6. The molecule has 1 heterocycles. The molecule has 0 bridgehead atoms. The molecule has 0 radical (unpaired) electrons. The minimum Gasteiger partial charge on any atom is -0.492 e. The Bertz CT molecular complexity index is 637. The van der Waals surface area contributed by atoms with Crippen LogP contribution in [0.1, 0.15) is 20.8 Å². The fourth-order valence-electron chi connectivity index (χ4n) is 2.65. The Hall–Kier alpha value is -2.57. The number of hydrogen-bond acceptors (Lipinski definition) is 4. The lowest BCUT2D eigenvalue weighted by molar-refractivity contribution is -0.148. The van der Waals surface area contributed by atoms with Crippen LogP contribution in [0.25, 0.3) is 0 Å². The molecule has 7 nitrogen and oxygen atoms in total. The zero-order chi connectivity index (χ0) is 18.4. The molecule has 7 heteroatoms. The molecule has 1 aliphatic rings. The first-order valence-corrected chi connectivity index (χ1v) is 8.42. The number of amides is 3. The predicted molar refractivity (Wildman–Crippen MR) is 94.2 cm³/mol. The van der Waals surface area contributed by atoms with Crippen molar-refractivity contribution >= 4 is 23.9 Å². The first-order valence-electron chi connectivity index (χ1n) is 8.42. The highest BCUT2D eigenvalue weighted by atomic mass is 16.5. The highest BCUT2D eigenvalue weighted by Gasteiger charge is 2.40. The van der Waals surface area contributed by atoms with Crippen LogP contribution in [0.4, 0.5) is 5.69 Å². The number of ether oxygens (including phenoxy) is 1. The Morgan fingerprint density at radius 3 is 2.44 bits per heavy atom. The number of benzene rings is 1. The molecule has 0 aliphatic carbocycles. The second-order valence-corrected chi connectivity index (χ2v) is 6.44. The van der Waals surface area contributed by atoms with Crippen LogP contribution in [0.2, 0.25) is 0 Å². The number of anilines is 1. The monoisotopic (exact) mass is 347 g/mol. The van der Waals surface area contributed by atoms with E-state index in [-0.39, 0.29) is 11.8 Å². The Morgan fingerprint density at radius 2 is 1.84 bits per heavy atom. The van der Waals surface area contributed by atoms with Crippen LogP contribution < -0.4 is 10.1 Å². The van der Waals surface area contributed by atoms with Crippen LogP contribution in [0, 0.1) is 5.41 Å². The van der Waals surface area contributed by atoms with E-state index in [4.69, 9.17) is 4.74 Å². The van der Waals surface area contributed by atoms with Crippen molar-refractivity contribution in [1.29, 1.82) is 0 Å². The van der Waals surface area contributed by atoms with Gasteiger partial charge in [0, 0.05) is 26.2 Å². The van der Waals surface area contributed by atoms with Gasteiger partial charge in [0.25, 0.3) is 0 Å². The normalized spacial score (nSPS) is 14.8. The third-order valence-electron chi connectivity index (χ3n) is 4.29. The van der Waals surface area contributed by atoms with Gasteiger partial charge in [0.15, 0.2) is 0 Å². The van der Waals surface area contributed by atoms with Crippen molar-refractivity contribution in [3.8, 4) is 5.75 Å². The van der Waals surface area contributed by atoms with E-state index in [1.54, 1.807) is 41.8 Å². The molecule has 0 spiro atoms. The molecule has 136 valence electrons. The van der Waals surface area contributed by atoms with Crippen LogP contribution in [-0.4, -0.2) is 60.8 Å². The molecule has 1 aliphatic heterocycles. The second kappa shape index (κ2) is 8.00. The number of carbonyl (C=O) groups excluding carboxylic acids is 3. The molecule has 25 heavy (non-hydrogen) atoms. The Labute approximate surface area is 147 Å². The lowest BCUT2D eigenvalue weighted by atomic mass is 9.89. The van der Waals surface area contributed by atoms with E-state index in [2.05, 4.69) is 5.32 Å². The van der Waals surface area contributed by atoms with E-state index in [1.165, 1.54) is 0 Å². The van der Waals surface area contributed by atoms with Gasteiger partial charge in [0.2, 0.25) is 18.2 Å². The first kappa shape index (κ1) is 18.8. The summed E-state index contributed by atoms with van der Waals surface area (Å²) >= 11 is 0. The molecule has 0 unspecified atom stereocenters. The van der Waals surface area contributed by atoms with Crippen molar-refractivity contribution in [2.45, 2.75) is 20.8 Å². The van der Waals surface area contributed by atoms with Crippen LogP contribution >= 0.6 is 0 Å². The average molecular weight is 347 g/mol. The number of para-hydroxylation sites is 2. The van der Waals surface area contributed by atoms with Crippen molar-refractivity contribution in [1.82, 2.24) is 9.80 Å². The molecule has 0 saturated carbocycles. The number of piperazine rings is 1. The number of carbonyl (C=O) groups is 3. The lowest BCUT2D eigenvalue weighted by Gasteiger charge is -2.36. The minimum absolute atomic E-state index is 0.246. The van der Waals surface area contributed by atoms with E-state index in [9.17, 15) is 14.4 Å². The molecular weight excluding hydrogens is 322 g/mol. The predicted octanol–water partition coefficient (Wildman–Crippen LogP) is 1.35. The number of nitrogens with one attached hydrogen (secondary N) is 1. The Morgan fingerprint density at radius 1 is 1.20 bits per heavy atom. The summed E-state index contributed by atoms with van der Waals surface area (Å²) in [5.41, 5.74) is -0.677. The number of nitrogens with zero attached hydrogens (tertiary/aromatic N) is 2. The maximum atomic E-state index is 12.8. The standard InChI is InChI=1S/C18H25N3O4/c1-4-25-15-8-6-5-7-14(15)19-16(23)18(2,3)17(24)21-11-9-20(13-22)10-12-21/h5-8,13H,4,9-12H2,1-3H3,(H,19,23). The highest BCUT2D eigenvalue weighted by molar-refractivity contribution is 6.10. The molecule has 1 aromatic rings. The average Bonchev–Trinajstić information content (AvgIpc) is 2.63. The summed E-state index contributed by atoms with van der Waals surface area (Å²) in [5.74, 6) is -0.0619. The van der Waals surface area contributed by atoms with Crippen molar-refractivity contribution in [2.75, 3.05) is 38.1 Å². The molecule has 0 atom stereocenters. The summed E-state index contributed by atoms with van der Waals surface area (Å²) in [7, 11) is 0. The van der Waals surface area contributed by atoms with Gasteiger partial charge in [-0.15, -0.1) is 0 Å². The summed E-state index contributed by atoms with van der Waals surface area (Å²) in [6.45, 7) is 7.41. The van der Waals surface area contributed by atoms with Crippen LogP contribution in [-0.2, 0) is 14.4 Å². The highest BCUT2D eigenvalue weighted by Crippen LogP contribution is 2.28. The summed E-state index contributed by atoms with van der Waals surface area (Å²) in [6, 6.07) is 7.13. The summed E-state index contributed by atoms with van der Waals surface area (Å²) in [4.78, 5) is 39.5. The van der Waals surface area contributed by atoms with E-state index in [0.717, 1.165) is 6.41 Å². The second-order valence-electron chi connectivity index (χ2n) is 6.44. The van der Waals surface area contributed by atoms with Crippen molar-refractivity contribution in [3.05, 3.63) is 24.3 Å².